The Morgan fingerprint density at radius 2 is 1.75 bits per heavy atom. The number of hydrogen-bond donors (Lipinski definition) is 0. The number of halogens is 1. The number of carbonyl (C=O) groups is 2. The molecule has 0 aliphatic heterocycles. The van der Waals surface area contributed by atoms with Gasteiger partial charge in [-0.1, -0.05) is 40.3 Å². The molecule has 6 heteroatoms. The van der Waals surface area contributed by atoms with Gasteiger partial charge in [-0.05, 0) is 32.6 Å². The van der Waals surface area contributed by atoms with Gasteiger partial charge in [0, 0.05) is 0 Å². The first-order valence-electron chi connectivity index (χ1n) is 7.19. The van der Waals surface area contributed by atoms with Crippen LogP contribution in [0.3, 0.4) is 0 Å². The summed E-state index contributed by atoms with van der Waals surface area (Å²) in [6.45, 7) is 1.89. The van der Waals surface area contributed by atoms with Crippen molar-refractivity contribution in [2.75, 3.05) is 11.9 Å². The standard InChI is InChI=1S/C14H22BrNO4/c1-2-19-14(18)13(12(17)10-15)16-20-11-8-6-4-3-5-7-9-11/h11H,2-10H2,1H3/b16-13-. The quantitative estimate of drug-likeness (QED) is 0.243. The van der Waals surface area contributed by atoms with Crippen molar-refractivity contribution in [3.63, 3.8) is 0 Å². The molecule has 20 heavy (non-hydrogen) atoms. The number of oxime groups is 1. The highest BCUT2D eigenvalue weighted by atomic mass is 79.9. The number of esters is 1. The van der Waals surface area contributed by atoms with Gasteiger partial charge in [-0.25, -0.2) is 4.79 Å². The summed E-state index contributed by atoms with van der Waals surface area (Å²) in [4.78, 5) is 28.7. The highest BCUT2D eigenvalue weighted by Gasteiger charge is 2.23. The summed E-state index contributed by atoms with van der Waals surface area (Å²) in [7, 11) is 0. The lowest BCUT2D eigenvalue weighted by Gasteiger charge is -2.17. The predicted octanol–water partition coefficient (Wildman–Crippen LogP) is 3.00. The van der Waals surface area contributed by atoms with Crippen LogP contribution in [0, 0.1) is 0 Å². The molecule has 0 radical (unpaired) electrons. The smallest absolute Gasteiger partial charge is 0.364 e. The zero-order chi connectivity index (χ0) is 14.8. The Morgan fingerprint density at radius 3 is 2.30 bits per heavy atom. The van der Waals surface area contributed by atoms with Crippen molar-refractivity contribution in [2.24, 2.45) is 5.16 Å². The van der Waals surface area contributed by atoms with Gasteiger partial charge in [0.1, 0.15) is 6.10 Å². The van der Waals surface area contributed by atoms with Crippen LogP contribution in [-0.4, -0.2) is 35.5 Å². The van der Waals surface area contributed by atoms with E-state index < -0.39 is 11.8 Å². The molecule has 1 rings (SSSR count). The van der Waals surface area contributed by atoms with E-state index >= 15 is 0 Å². The molecule has 1 aliphatic carbocycles. The summed E-state index contributed by atoms with van der Waals surface area (Å²) in [6.07, 6.45) is 7.70. The molecule has 0 unspecified atom stereocenters. The van der Waals surface area contributed by atoms with Gasteiger partial charge in [0.2, 0.25) is 11.5 Å². The number of hydrogen-bond acceptors (Lipinski definition) is 5. The van der Waals surface area contributed by atoms with Crippen molar-refractivity contribution < 1.29 is 19.2 Å². The molecule has 0 saturated heterocycles. The van der Waals surface area contributed by atoms with E-state index in [1.165, 1.54) is 19.3 Å². The summed E-state index contributed by atoms with van der Waals surface area (Å²) in [6, 6.07) is 0. The minimum Gasteiger partial charge on any atom is -0.461 e. The van der Waals surface area contributed by atoms with E-state index in [1.54, 1.807) is 6.92 Å². The van der Waals surface area contributed by atoms with Crippen molar-refractivity contribution >= 4 is 33.4 Å². The fraction of sp³-hybridized carbons (Fsp3) is 0.786. The van der Waals surface area contributed by atoms with Gasteiger partial charge in [-0.2, -0.15) is 0 Å². The molecule has 0 N–H and O–H groups in total. The third kappa shape index (κ3) is 6.03. The lowest BCUT2D eigenvalue weighted by Crippen LogP contribution is -2.28. The number of ether oxygens (including phenoxy) is 1. The molecule has 1 aliphatic rings. The molecule has 0 atom stereocenters. The van der Waals surface area contributed by atoms with Crippen LogP contribution in [0.1, 0.15) is 51.9 Å². The Hall–Kier alpha value is -0.910. The molecule has 0 aromatic heterocycles. The highest BCUT2D eigenvalue weighted by Crippen LogP contribution is 2.19. The molecule has 0 amide bonds. The van der Waals surface area contributed by atoms with E-state index in [0.717, 1.165) is 25.7 Å². The van der Waals surface area contributed by atoms with Crippen LogP contribution >= 0.6 is 15.9 Å². The van der Waals surface area contributed by atoms with Gasteiger partial charge in [0.05, 0.1) is 11.9 Å². The second-order valence-electron chi connectivity index (χ2n) is 4.79. The monoisotopic (exact) mass is 347 g/mol. The molecule has 0 bridgehead atoms. The highest BCUT2D eigenvalue weighted by molar-refractivity contribution is 9.09. The molecular formula is C14H22BrNO4. The van der Waals surface area contributed by atoms with Gasteiger partial charge in [0.15, 0.2) is 0 Å². The number of carbonyl (C=O) groups excluding carboxylic acids is 2. The van der Waals surface area contributed by atoms with Crippen LogP contribution in [0.25, 0.3) is 0 Å². The van der Waals surface area contributed by atoms with Crippen LogP contribution in [0.4, 0.5) is 0 Å². The molecular weight excluding hydrogens is 326 g/mol. The van der Waals surface area contributed by atoms with Gasteiger partial charge in [0.25, 0.3) is 0 Å². The average molecular weight is 348 g/mol. The third-order valence-corrected chi connectivity index (χ3v) is 3.71. The number of rotatable bonds is 6. The van der Waals surface area contributed by atoms with E-state index in [-0.39, 0.29) is 23.8 Å². The van der Waals surface area contributed by atoms with Crippen molar-refractivity contribution in [1.29, 1.82) is 0 Å². The number of nitrogens with zero attached hydrogens (tertiary/aromatic N) is 1. The summed E-state index contributed by atoms with van der Waals surface area (Å²) >= 11 is 3.03. The summed E-state index contributed by atoms with van der Waals surface area (Å²) < 4.78 is 4.82. The van der Waals surface area contributed by atoms with Gasteiger partial charge >= 0.3 is 5.97 Å². The SMILES string of the molecule is CCOC(=O)/C(=N\OC1CCCCCCC1)C(=O)CBr. The van der Waals surface area contributed by atoms with Crippen LogP contribution in [0.2, 0.25) is 0 Å². The first kappa shape index (κ1) is 17.1. The molecule has 1 saturated carbocycles. The first-order valence-corrected chi connectivity index (χ1v) is 8.31. The van der Waals surface area contributed by atoms with Crippen molar-refractivity contribution in [1.82, 2.24) is 0 Å². The average Bonchev–Trinajstić information content (AvgIpc) is 2.40. The van der Waals surface area contributed by atoms with Crippen LogP contribution < -0.4 is 0 Å². The van der Waals surface area contributed by atoms with Crippen molar-refractivity contribution in [3.05, 3.63) is 0 Å². The summed E-state index contributed by atoms with van der Waals surface area (Å²) in [5.41, 5.74) is -0.259. The topological polar surface area (TPSA) is 65.0 Å². The second-order valence-corrected chi connectivity index (χ2v) is 5.35. The van der Waals surface area contributed by atoms with E-state index in [1.807, 2.05) is 0 Å². The lowest BCUT2D eigenvalue weighted by atomic mass is 9.99. The third-order valence-electron chi connectivity index (χ3n) is 3.20. The van der Waals surface area contributed by atoms with E-state index in [4.69, 9.17) is 9.57 Å². The Balaban J connectivity index is 2.64. The molecule has 0 aromatic carbocycles. The van der Waals surface area contributed by atoms with Crippen LogP contribution in [0.5, 0.6) is 0 Å². The molecule has 0 spiro atoms. The second kappa shape index (κ2) is 9.91. The van der Waals surface area contributed by atoms with E-state index in [9.17, 15) is 9.59 Å². The maximum Gasteiger partial charge on any atom is 0.364 e. The minimum absolute atomic E-state index is 0.0112. The Bertz CT molecular complexity index is 349. The minimum atomic E-state index is -0.720. The summed E-state index contributed by atoms with van der Waals surface area (Å²) in [5.74, 6) is -1.14. The normalized spacial score (nSPS) is 18.0. The molecule has 114 valence electrons. The maximum absolute atomic E-state index is 11.7. The number of alkyl halides is 1. The van der Waals surface area contributed by atoms with Gasteiger partial charge < -0.3 is 9.57 Å². The number of Topliss-reactive ketones (excluding diaryl/α,β-unsaturated/α-hetero) is 1. The lowest BCUT2D eigenvalue weighted by molar-refractivity contribution is -0.136. The largest absolute Gasteiger partial charge is 0.461 e. The van der Waals surface area contributed by atoms with Crippen molar-refractivity contribution in [2.45, 2.75) is 58.0 Å². The Kier molecular flexibility index (Phi) is 8.49. The zero-order valence-electron chi connectivity index (χ0n) is 11.9. The van der Waals surface area contributed by atoms with Crippen LogP contribution in [-0.2, 0) is 19.2 Å². The predicted molar refractivity (Wildman–Crippen MR) is 80.1 cm³/mol. The Morgan fingerprint density at radius 1 is 1.15 bits per heavy atom. The first-order chi connectivity index (χ1) is 9.69. The molecule has 0 aromatic rings. The Labute approximate surface area is 128 Å². The van der Waals surface area contributed by atoms with Crippen molar-refractivity contribution in [3.8, 4) is 0 Å². The van der Waals surface area contributed by atoms with E-state index in [0.29, 0.717) is 0 Å². The molecule has 5 nitrogen and oxygen atoms in total. The fourth-order valence-electron chi connectivity index (χ4n) is 2.12. The fourth-order valence-corrected chi connectivity index (χ4v) is 2.38. The zero-order valence-corrected chi connectivity index (χ0v) is 13.5. The van der Waals surface area contributed by atoms with Gasteiger partial charge in [-0.3, -0.25) is 4.79 Å². The van der Waals surface area contributed by atoms with Crippen LogP contribution in [0.15, 0.2) is 5.16 Å². The number of ketones is 1. The summed E-state index contributed by atoms with van der Waals surface area (Å²) in [5, 5.41) is 3.80. The van der Waals surface area contributed by atoms with Gasteiger partial charge in [-0.15, -0.1) is 0 Å². The maximum atomic E-state index is 11.7. The molecule has 1 fully saturated rings. The van der Waals surface area contributed by atoms with E-state index in [2.05, 4.69) is 21.1 Å². The molecule has 0 heterocycles.